The molecule has 0 aromatic heterocycles. The number of hydrazone groups is 1. The number of nitrogens with one attached hydrogen (secondary N) is 1. The second-order valence-electron chi connectivity index (χ2n) is 5.76. The van der Waals surface area contributed by atoms with Crippen molar-refractivity contribution in [3.05, 3.63) is 63.1 Å². The molecule has 1 N–H and O–H groups in total. The van der Waals surface area contributed by atoms with Crippen molar-refractivity contribution in [1.29, 1.82) is 0 Å². The fourth-order valence-electron chi connectivity index (χ4n) is 2.42. The van der Waals surface area contributed by atoms with E-state index in [9.17, 15) is 4.79 Å². The van der Waals surface area contributed by atoms with Gasteiger partial charge in [-0.3, -0.25) is 4.79 Å². The number of nitrogens with zero attached hydrogens (tertiary/aromatic N) is 1. The highest BCUT2D eigenvalue weighted by molar-refractivity contribution is 9.10. The Hall–Kier alpha value is -2.14. The van der Waals surface area contributed by atoms with Crippen LogP contribution in [0.2, 0.25) is 0 Å². The number of benzene rings is 2. The minimum absolute atomic E-state index is 0.295. The number of hydrogen-bond acceptors (Lipinski definition) is 3. The van der Waals surface area contributed by atoms with Crippen molar-refractivity contribution in [1.82, 2.24) is 5.43 Å². The van der Waals surface area contributed by atoms with Gasteiger partial charge in [0.15, 0.2) is 6.10 Å². The van der Waals surface area contributed by atoms with Crippen molar-refractivity contribution in [3.63, 3.8) is 0 Å². The Morgan fingerprint density at radius 2 is 1.75 bits per heavy atom. The number of amides is 1. The Labute approximate surface area is 151 Å². The molecule has 126 valence electrons. The van der Waals surface area contributed by atoms with E-state index in [1.165, 1.54) is 5.56 Å². The smallest absolute Gasteiger partial charge is 0.280 e. The molecule has 4 nitrogen and oxygen atoms in total. The maximum Gasteiger partial charge on any atom is 0.280 e. The zero-order valence-electron chi connectivity index (χ0n) is 14.3. The molecule has 24 heavy (non-hydrogen) atoms. The maximum atomic E-state index is 12.1. The highest BCUT2D eigenvalue weighted by Gasteiger charge is 2.13. The van der Waals surface area contributed by atoms with Gasteiger partial charge in [-0.05, 0) is 63.1 Å². The summed E-state index contributed by atoms with van der Waals surface area (Å²) in [7, 11) is 0. The van der Waals surface area contributed by atoms with Crippen LogP contribution in [0.4, 0.5) is 0 Å². The van der Waals surface area contributed by atoms with Gasteiger partial charge >= 0.3 is 0 Å². The van der Waals surface area contributed by atoms with E-state index >= 15 is 0 Å². The number of halogens is 1. The van der Waals surface area contributed by atoms with Gasteiger partial charge in [0.05, 0.1) is 6.21 Å². The van der Waals surface area contributed by atoms with Gasteiger partial charge in [-0.2, -0.15) is 5.10 Å². The van der Waals surface area contributed by atoms with Crippen LogP contribution < -0.4 is 10.2 Å². The second kappa shape index (κ2) is 8.11. The molecule has 0 spiro atoms. The lowest BCUT2D eigenvalue weighted by Gasteiger charge is -2.13. The van der Waals surface area contributed by atoms with Gasteiger partial charge < -0.3 is 4.74 Å². The third kappa shape index (κ3) is 4.93. The quantitative estimate of drug-likeness (QED) is 0.613. The molecule has 0 radical (unpaired) electrons. The molecule has 0 fully saturated rings. The molecule has 1 amide bonds. The van der Waals surface area contributed by atoms with Crippen molar-refractivity contribution in [2.24, 2.45) is 5.10 Å². The van der Waals surface area contributed by atoms with E-state index < -0.39 is 6.10 Å². The highest BCUT2D eigenvalue weighted by atomic mass is 79.9. The molecule has 0 heterocycles. The molecule has 0 aliphatic heterocycles. The standard InChI is InChI=1S/C19H21BrN2O2/c1-12-9-13(2)18(14(3)10-12)11-21-22-19(23)15(4)24-17-7-5-16(20)6-8-17/h5-11,15H,1-4H3,(H,22,23)/b21-11-/t15-/m1/s1. The summed E-state index contributed by atoms with van der Waals surface area (Å²) in [5.74, 6) is 0.339. The summed E-state index contributed by atoms with van der Waals surface area (Å²) in [5, 5.41) is 4.06. The number of aryl methyl sites for hydroxylation is 3. The first kappa shape index (κ1) is 18.2. The largest absolute Gasteiger partial charge is 0.481 e. The normalized spacial score (nSPS) is 12.2. The highest BCUT2D eigenvalue weighted by Crippen LogP contribution is 2.17. The van der Waals surface area contributed by atoms with Crippen molar-refractivity contribution in [2.75, 3.05) is 0 Å². The molecule has 2 rings (SSSR count). The summed E-state index contributed by atoms with van der Waals surface area (Å²) in [4.78, 5) is 12.1. The summed E-state index contributed by atoms with van der Waals surface area (Å²) in [5.41, 5.74) is 7.01. The monoisotopic (exact) mass is 388 g/mol. The third-order valence-electron chi connectivity index (χ3n) is 3.60. The molecule has 2 aromatic carbocycles. The third-order valence-corrected chi connectivity index (χ3v) is 4.13. The van der Waals surface area contributed by atoms with E-state index in [1.54, 1.807) is 25.3 Å². The molecule has 0 saturated carbocycles. The maximum absolute atomic E-state index is 12.1. The van der Waals surface area contributed by atoms with Crippen molar-refractivity contribution in [2.45, 2.75) is 33.8 Å². The molecule has 0 aliphatic carbocycles. The molecule has 5 heteroatoms. The van der Waals surface area contributed by atoms with Gasteiger partial charge in [0, 0.05) is 10.0 Å². The number of carbonyl (C=O) groups is 1. The molecular formula is C19H21BrN2O2. The molecule has 0 bridgehead atoms. The Morgan fingerprint density at radius 1 is 1.17 bits per heavy atom. The van der Waals surface area contributed by atoms with Gasteiger partial charge in [-0.25, -0.2) is 5.43 Å². The topological polar surface area (TPSA) is 50.7 Å². The minimum Gasteiger partial charge on any atom is -0.481 e. The van der Waals surface area contributed by atoms with Crippen LogP contribution in [0.1, 0.15) is 29.2 Å². The van der Waals surface area contributed by atoms with E-state index in [4.69, 9.17) is 4.74 Å². The number of carbonyl (C=O) groups excluding carboxylic acids is 1. The zero-order chi connectivity index (χ0) is 17.7. The van der Waals surface area contributed by atoms with Crippen LogP contribution in [0.15, 0.2) is 46.0 Å². The first-order chi connectivity index (χ1) is 11.4. The van der Waals surface area contributed by atoms with E-state index in [0.29, 0.717) is 5.75 Å². The summed E-state index contributed by atoms with van der Waals surface area (Å²) < 4.78 is 6.55. The molecule has 1 atom stereocenters. The van der Waals surface area contributed by atoms with Gasteiger partial charge in [0.25, 0.3) is 5.91 Å². The molecular weight excluding hydrogens is 368 g/mol. The number of hydrogen-bond donors (Lipinski definition) is 1. The average molecular weight is 389 g/mol. The van der Waals surface area contributed by atoms with Gasteiger partial charge in [0.2, 0.25) is 0 Å². The van der Waals surface area contributed by atoms with Crippen LogP contribution in [0.3, 0.4) is 0 Å². The molecule has 0 aliphatic rings. The van der Waals surface area contributed by atoms with Gasteiger partial charge in [0.1, 0.15) is 5.75 Å². The Kier molecular flexibility index (Phi) is 6.15. The van der Waals surface area contributed by atoms with Crippen molar-refractivity contribution < 1.29 is 9.53 Å². The van der Waals surface area contributed by atoms with Crippen molar-refractivity contribution >= 4 is 28.1 Å². The lowest BCUT2D eigenvalue weighted by molar-refractivity contribution is -0.127. The first-order valence-electron chi connectivity index (χ1n) is 7.70. The SMILES string of the molecule is Cc1cc(C)c(/C=N\NC(=O)[C@@H](C)Oc2ccc(Br)cc2)c(C)c1. The van der Waals surface area contributed by atoms with E-state index in [0.717, 1.165) is 21.2 Å². The summed E-state index contributed by atoms with van der Waals surface area (Å²) in [6, 6.07) is 11.5. The minimum atomic E-state index is -0.636. The Morgan fingerprint density at radius 3 is 2.33 bits per heavy atom. The molecule has 0 saturated heterocycles. The van der Waals surface area contributed by atoms with Gasteiger partial charge in [-0.15, -0.1) is 0 Å². The van der Waals surface area contributed by atoms with Crippen LogP contribution >= 0.6 is 15.9 Å². The van der Waals surface area contributed by atoms with Crippen LogP contribution in [0.5, 0.6) is 5.75 Å². The van der Waals surface area contributed by atoms with Crippen LogP contribution in [0.25, 0.3) is 0 Å². The van der Waals surface area contributed by atoms with E-state index in [-0.39, 0.29) is 5.91 Å². The van der Waals surface area contributed by atoms with Gasteiger partial charge in [-0.1, -0.05) is 33.6 Å². The van der Waals surface area contributed by atoms with E-state index in [1.807, 2.05) is 26.0 Å². The average Bonchev–Trinajstić information content (AvgIpc) is 2.51. The van der Waals surface area contributed by atoms with Crippen LogP contribution in [-0.2, 0) is 4.79 Å². The molecule has 2 aromatic rings. The van der Waals surface area contributed by atoms with Crippen LogP contribution in [-0.4, -0.2) is 18.2 Å². The fraction of sp³-hybridized carbons (Fsp3) is 0.263. The number of rotatable bonds is 5. The number of ether oxygens (including phenoxy) is 1. The summed E-state index contributed by atoms with van der Waals surface area (Å²) in [6.07, 6.45) is 1.04. The van der Waals surface area contributed by atoms with Crippen molar-refractivity contribution in [3.8, 4) is 5.75 Å². The zero-order valence-corrected chi connectivity index (χ0v) is 15.8. The lowest BCUT2D eigenvalue weighted by Crippen LogP contribution is -2.33. The Bertz CT molecular complexity index is 731. The van der Waals surface area contributed by atoms with Crippen LogP contribution in [0, 0.1) is 20.8 Å². The summed E-state index contributed by atoms with van der Waals surface area (Å²) in [6.45, 7) is 7.81. The first-order valence-corrected chi connectivity index (χ1v) is 8.49. The van der Waals surface area contributed by atoms with E-state index in [2.05, 4.69) is 45.5 Å². The Balaban J connectivity index is 1.96. The predicted molar refractivity (Wildman–Crippen MR) is 101 cm³/mol. The molecule has 0 unspecified atom stereocenters. The lowest BCUT2D eigenvalue weighted by atomic mass is 10.0. The fourth-order valence-corrected chi connectivity index (χ4v) is 2.68. The second-order valence-corrected chi connectivity index (χ2v) is 6.68. The summed E-state index contributed by atoms with van der Waals surface area (Å²) >= 11 is 3.36. The predicted octanol–water partition coefficient (Wildman–Crippen LogP) is 4.29.